The maximum absolute atomic E-state index is 12.7. The Hall–Kier alpha value is -1.86. The van der Waals surface area contributed by atoms with E-state index < -0.39 is 0 Å². The minimum absolute atomic E-state index is 0.0448. The predicted molar refractivity (Wildman–Crippen MR) is 93.1 cm³/mol. The third-order valence-electron chi connectivity index (χ3n) is 3.99. The van der Waals surface area contributed by atoms with E-state index in [-0.39, 0.29) is 11.9 Å². The fourth-order valence-electron chi connectivity index (χ4n) is 2.70. The molecule has 1 amide bonds. The minimum Gasteiger partial charge on any atom is -0.486 e. The molecule has 0 aliphatic carbocycles. The Kier molecular flexibility index (Phi) is 5.20. The molecule has 1 aliphatic heterocycles. The number of ether oxygens (including phenoxy) is 1. The van der Waals surface area contributed by atoms with Crippen LogP contribution in [0.2, 0.25) is 0 Å². The van der Waals surface area contributed by atoms with Gasteiger partial charge in [0.25, 0.3) is 5.91 Å². The van der Waals surface area contributed by atoms with Crippen LogP contribution in [0.25, 0.3) is 0 Å². The lowest BCUT2D eigenvalue weighted by atomic mass is 10.1. The van der Waals surface area contributed by atoms with Gasteiger partial charge in [0.2, 0.25) is 0 Å². The van der Waals surface area contributed by atoms with E-state index in [1.807, 2.05) is 17.9 Å². The monoisotopic (exact) mass is 393 g/mol. The number of nitrogens with one attached hydrogen (secondary N) is 1. The molecule has 1 aliphatic rings. The molecule has 1 N–H and O–H groups in total. The van der Waals surface area contributed by atoms with Gasteiger partial charge in [0.1, 0.15) is 23.8 Å². The Bertz CT molecular complexity index is 732. The summed E-state index contributed by atoms with van der Waals surface area (Å²) in [4.78, 5) is 14.6. The van der Waals surface area contributed by atoms with Crippen molar-refractivity contribution < 1.29 is 14.1 Å². The number of piperazine rings is 1. The van der Waals surface area contributed by atoms with E-state index >= 15 is 0 Å². The number of benzene rings is 1. The highest BCUT2D eigenvalue weighted by Gasteiger charge is 2.24. The summed E-state index contributed by atoms with van der Waals surface area (Å²) in [7, 11) is 0. The van der Waals surface area contributed by atoms with Crippen molar-refractivity contribution in [3.05, 3.63) is 45.8 Å². The molecular formula is C17H20BrN3O3. The molecule has 1 aromatic heterocycles. The zero-order chi connectivity index (χ0) is 17.1. The number of halogens is 1. The highest BCUT2D eigenvalue weighted by atomic mass is 79.9. The number of nitrogens with zero attached hydrogens (tertiary/aromatic N) is 2. The average molecular weight is 394 g/mol. The second kappa shape index (κ2) is 7.36. The van der Waals surface area contributed by atoms with Gasteiger partial charge in [-0.25, -0.2) is 0 Å². The van der Waals surface area contributed by atoms with Gasteiger partial charge in [-0.3, -0.25) is 4.79 Å². The number of hydrogen-bond donors (Lipinski definition) is 1. The lowest BCUT2D eigenvalue weighted by Crippen LogP contribution is -2.52. The number of aryl methyl sites for hydroxylation is 1. The van der Waals surface area contributed by atoms with Crippen LogP contribution in [0.4, 0.5) is 0 Å². The topological polar surface area (TPSA) is 67.6 Å². The van der Waals surface area contributed by atoms with Crippen molar-refractivity contribution in [1.29, 1.82) is 0 Å². The molecule has 24 heavy (non-hydrogen) atoms. The molecule has 1 fully saturated rings. The predicted octanol–water partition coefficient (Wildman–Crippen LogP) is 2.76. The van der Waals surface area contributed by atoms with E-state index in [4.69, 9.17) is 9.26 Å². The molecule has 3 rings (SSSR count). The zero-order valence-corrected chi connectivity index (χ0v) is 15.3. The zero-order valence-electron chi connectivity index (χ0n) is 13.7. The average Bonchev–Trinajstić information content (AvgIpc) is 2.99. The van der Waals surface area contributed by atoms with Crippen molar-refractivity contribution in [3.63, 3.8) is 0 Å². The second-order valence-electron chi connectivity index (χ2n) is 5.91. The fraction of sp³-hybridized carbons (Fsp3) is 0.412. The van der Waals surface area contributed by atoms with Crippen LogP contribution in [0.1, 0.15) is 28.7 Å². The number of rotatable bonds is 4. The van der Waals surface area contributed by atoms with E-state index in [2.05, 4.69) is 33.3 Å². The van der Waals surface area contributed by atoms with Gasteiger partial charge < -0.3 is 19.5 Å². The number of carbonyl (C=O) groups is 1. The molecule has 2 heterocycles. The molecule has 0 spiro atoms. The molecule has 6 nitrogen and oxygen atoms in total. The van der Waals surface area contributed by atoms with Crippen LogP contribution in [0.5, 0.6) is 5.75 Å². The van der Waals surface area contributed by atoms with Gasteiger partial charge in [0.05, 0.1) is 4.47 Å². The van der Waals surface area contributed by atoms with Gasteiger partial charge in [-0.1, -0.05) is 5.16 Å². The Balaban J connectivity index is 1.68. The summed E-state index contributed by atoms with van der Waals surface area (Å²) < 4.78 is 11.5. The Morgan fingerprint density at radius 3 is 3.00 bits per heavy atom. The lowest BCUT2D eigenvalue weighted by Gasteiger charge is -2.34. The number of carbonyl (C=O) groups excluding carboxylic acids is 1. The van der Waals surface area contributed by atoms with Gasteiger partial charge >= 0.3 is 0 Å². The van der Waals surface area contributed by atoms with Crippen LogP contribution >= 0.6 is 15.9 Å². The Morgan fingerprint density at radius 1 is 1.50 bits per heavy atom. The summed E-state index contributed by atoms with van der Waals surface area (Å²) in [6.07, 6.45) is 0. The summed E-state index contributed by atoms with van der Waals surface area (Å²) in [6, 6.07) is 7.43. The van der Waals surface area contributed by atoms with Gasteiger partial charge in [-0.15, -0.1) is 0 Å². The van der Waals surface area contributed by atoms with E-state index in [0.29, 0.717) is 17.9 Å². The SMILES string of the molecule is Cc1cc(COc2ccc(C(=O)N3CCNCC3C)cc2Br)no1. The summed E-state index contributed by atoms with van der Waals surface area (Å²) >= 11 is 3.48. The maximum atomic E-state index is 12.7. The van der Waals surface area contributed by atoms with E-state index in [0.717, 1.165) is 35.6 Å². The van der Waals surface area contributed by atoms with E-state index in [1.54, 1.807) is 18.2 Å². The van der Waals surface area contributed by atoms with Gasteiger partial charge in [-0.2, -0.15) is 0 Å². The van der Waals surface area contributed by atoms with Crippen molar-refractivity contribution in [1.82, 2.24) is 15.4 Å². The van der Waals surface area contributed by atoms with Crippen LogP contribution in [0, 0.1) is 6.92 Å². The molecule has 1 aromatic carbocycles. The first-order chi connectivity index (χ1) is 11.5. The first-order valence-corrected chi connectivity index (χ1v) is 8.70. The third-order valence-corrected chi connectivity index (χ3v) is 4.61. The summed E-state index contributed by atoms with van der Waals surface area (Å²) in [5.74, 6) is 1.46. The first-order valence-electron chi connectivity index (χ1n) is 7.91. The molecule has 1 unspecified atom stereocenters. The van der Waals surface area contributed by atoms with Crippen molar-refractivity contribution in [2.75, 3.05) is 19.6 Å². The van der Waals surface area contributed by atoms with Crippen molar-refractivity contribution >= 4 is 21.8 Å². The maximum Gasteiger partial charge on any atom is 0.254 e. The molecule has 1 saturated heterocycles. The number of hydrogen-bond acceptors (Lipinski definition) is 5. The van der Waals surface area contributed by atoms with Gasteiger partial charge in [0.15, 0.2) is 0 Å². The molecule has 128 valence electrons. The quantitative estimate of drug-likeness (QED) is 0.864. The van der Waals surface area contributed by atoms with E-state index in [1.165, 1.54) is 0 Å². The molecule has 0 saturated carbocycles. The van der Waals surface area contributed by atoms with Crippen LogP contribution in [0.15, 0.2) is 33.3 Å². The van der Waals surface area contributed by atoms with Gasteiger partial charge in [-0.05, 0) is 48.0 Å². The summed E-state index contributed by atoms with van der Waals surface area (Å²) in [5.41, 5.74) is 1.38. The molecule has 0 radical (unpaired) electrons. The third kappa shape index (κ3) is 3.79. The molecule has 0 bridgehead atoms. The second-order valence-corrected chi connectivity index (χ2v) is 6.77. The highest BCUT2D eigenvalue weighted by molar-refractivity contribution is 9.10. The van der Waals surface area contributed by atoms with Crippen LogP contribution in [0.3, 0.4) is 0 Å². The highest BCUT2D eigenvalue weighted by Crippen LogP contribution is 2.27. The van der Waals surface area contributed by atoms with Crippen molar-refractivity contribution in [2.24, 2.45) is 0 Å². The first kappa shape index (κ1) is 17.0. The van der Waals surface area contributed by atoms with Gasteiger partial charge in [0, 0.05) is 37.3 Å². The summed E-state index contributed by atoms with van der Waals surface area (Å²) in [6.45, 7) is 6.58. The van der Waals surface area contributed by atoms with Crippen molar-refractivity contribution in [3.8, 4) is 5.75 Å². The Labute approximate surface area is 149 Å². The molecular weight excluding hydrogens is 374 g/mol. The van der Waals surface area contributed by atoms with Crippen molar-refractivity contribution in [2.45, 2.75) is 26.5 Å². The smallest absolute Gasteiger partial charge is 0.254 e. The number of amides is 1. The van der Waals surface area contributed by atoms with Crippen LogP contribution in [-0.2, 0) is 6.61 Å². The Morgan fingerprint density at radius 2 is 2.33 bits per heavy atom. The van der Waals surface area contributed by atoms with Crippen LogP contribution in [-0.4, -0.2) is 41.6 Å². The fourth-order valence-corrected chi connectivity index (χ4v) is 3.19. The largest absolute Gasteiger partial charge is 0.486 e. The molecule has 1 atom stereocenters. The summed E-state index contributed by atoms with van der Waals surface area (Å²) in [5, 5.41) is 7.18. The molecule has 2 aromatic rings. The minimum atomic E-state index is 0.0448. The van der Waals surface area contributed by atoms with Crippen LogP contribution < -0.4 is 10.1 Å². The number of aromatic nitrogens is 1. The standard InChI is InChI=1S/C17H20BrN3O3/c1-11-9-19-5-6-21(11)17(22)13-3-4-16(15(18)8-13)23-10-14-7-12(2)24-20-14/h3-4,7-8,11,19H,5-6,9-10H2,1-2H3. The molecule has 7 heteroatoms. The normalized spacial score (nSPS) is 17.8. The van der Waals surface area contributed by atoms with E-state index in [9.17, 15) is 4.79 Å². The lowest BCUT2D eigenvalue weighted by molar-refractivity contribution is 0.0655.